The van der Waals surface area contributed by atoms with E-state index in [0.29, 0.717) is 5.41 Å². The molecule has 1 N–H and O–H groups in total. The second-order valence-electron chi connectivity index (χ2n) is 3.35. The Kier molecular flexibility index (Phi) is 6.21. The summed E-state index contributed by atoms with van der Waals surface area (Å²) >= 11 is 0. The summed E-state index contributed by atoms with van der Waals surface area (Å²) in [5, 5.41) is 3.34. The van der Waals surface area contributed by atoms with Crippen molar-refractivity contribution in [1.29, 1.82) is 0 Å². The van der Waals surface area contributed by atoms with E-state index in [9.17, 15) is 0 Å². The molecule has 0 aliphatic carbocycles. The Hall–Kier alpha value is 1.06. The van der Waals surface area contributed by atoms with Gasteiger partial charge in [-0.05, 0) is 13.1 Å². The topological polar surface area (TPSA) is 12.0 Å². The summed E-state index contributed by atoms with van der Waals surface area (Å²) in [4.78, 5) is 0. The van der Waals surface area contributed by atoms with Crippen LogP contribution in [0, 0.1) is 19.3 Å². The average Bonchev–Trinajstić information content (AvgIpc) is 1.89. The van der Waals surface area contributed by atoms with E-state index in [1.165, 1.54) is 19.3 Å². The zero-order valence-corrected chi connectivity index (χ0v) is 10.1. The Labute approximate surface area is 95.6 Å². The van der Waals surface area contributed by atoms with Gasteiger partial charge in [0.25, 0.3) is 0 Å². The van der Waals surface area contributed by atoms with Gasteiger partial charge in [-0.25, -0.2) is 0 Å². The van der Waals surface area contributed by atoms with E-state index < -0.39 is 0 Å². The molecule has 1 fully saturated rings. The van der Waals surface area contributed by atoms with Crippen molar-refractivity contribution >= 4 is 0 Å². The Morgan fingerprint density at radius 2 is 1.82 bits per heavy atom. The van der Waals surface area contributed by atoms with E-state index in [4.69, 9.17) is 0 Å². The van der Waals surface area contributed by atoms with E-state index >= 15 is 0 Å². The molecule has 0 amide bonds. The minimum Gasteiger partial charge on any atom is -0.343 e. The summed E-state index contributed by atoms with van der Waals surface area (Å²) in [5.41, 5.74) is 0.354. The Morgan fingerprint density at radius 3 is 2.27 bits per heavy atom. The van der Waals surface area contributed by atoms with E-state index in [1.54, 1.807) is 0 Å². The maximum absolute atomic E-state index is 4.24. The van der Waals surface area contributed by atoms with Crippen molar-refractivity contribution < 1.29 is 32.7 Å². The minimum atomic E-state index is 0. The van der Waals surface area contributed by atoms with Crippen molar-refractivity contribution in [3.05, 3.63) is 13.8 Å². The van der Waals surface area contributed by atoms with Gasteiger partial charge in [0.15, 0.2) is 0 Å². The van der Waals surface area contributed by atoms with Crippen LogP contribution in [0.25, 0.3) is 0 Å². The van der Waals surface area contributed by atoms with E-state index in [1.807, 2.05) is 0 Å². The van der Waals surface area contributed by atoms with Crippen molar-refractivity contribution in [3.63, 3.8) is 0 Å². The molecule has 0 unspecified atom stereocenters. The second-order valence-corrected chi connectivity index (χ2v) is 3.35. The molecule has 0 atom stereocenters. The molecule has 1 heterocycles. The molecule has 1 nitrogen and oxygen atoms in total. The van der Waals surface area contributed by atoms with Crippen LogP contribution >= 0.6 is 0 Å². The molecule has 11 heavy (non-hydrogen) atoms. The van der Waals surface area contributed by atoms with E-state index in [-0.39, 0.29) is 32.7 Å². The van der Waals surface area contributed by atoms with Crippen LogP contribution in [0.2, 0.25) is 0 Å². The van der Waals surface area contributed by atoms with Gasteiger partial charge in [-0.1, -0.05) is 12.8 Å². The molecule has 0 aromatic rings. The van der Waals surface area contributed by atoms with Crippen LogP contribution in [0.4, 0.5) is 0 Å². The normalized spacial score (nSPS) is 22.4. The summed E-state index contributed by atoms with van der Waals surface area (Å²) in [6, 6.07) is 0. The van der Waals surface area contributed by atoms with Gasteiger partial charge >= 0.3 is 0 Å². The van der Waals surface area contributed by atoms with Crippen LogP contribution in [0.1, 0.15) is 25.7 Å². The third-order valence-electron chi connectivity index (χ3n) is 2.37. The largest absolute Gasteiger partial charge is 0.343 e. The number of nitrogens with one attached hydrogen (secondary N) is 1. The first-order valence-corrected chi connectivity index (χ1v) is 4.12. The minimum absolute atomic E-state index is 0. The van der Waals surface area contributed by atoms with Gasteiger partial charge in [-0.3, -0.25) is 0 Å². The zero-order chi connectivity index (χ0) is 7.45. The number of hydrogen-bond donors (Lipinski definition) is 1. The van der Waals surface area contributed by atoms with Crippen LogP contribution < -0.4 is 5.32 Å². The first kappa shape index (κ1) is 12.1. The molecule has 2 heteroatoms. The monoisotopic (exact) mass is 228 g/mol. The van der Waals surface area contributed by atoms with Gasteiger partial charge in [0.2, 0.25) is 0 Å². The molecular weight excluding hydrogens is 211 g/mol. The zero-order valence-electron chi connectivity index (χ0n) is 7.23. The molecular formula is C9H17NY-2. The quantitative estimate of drug-likeness (QED) is 0.710. The molecule has 0 spiro atoms. The number of hydrogen-bond acceptors (Lipinski definition) is 1. The number of piperidine rings is 1. The molecule has 1 rings (SSSR count). The van der Waals surface area contributed by atoms with Crippen LogP contribution in [-0.4, -0.2) is 13.1 Å². The molecule has 1 aliphatic heterocycles. The Bertz CT molecular complexity index is 92.2. The molecule has 0 aromatic heterocycles. The van der Waals surface area contributed by atoms with Gasteiger partial charge < -0.3 is 19.2 Å². The maximum Gasteiger partial charge on any atom is 0 e. The third-order valence-corrected chi connectivity index (χ3v) is 2.37. The molecule has 0 bridgehead atoms. The molecule has 1 aliphatic rings. The average molecular weight is 228 g/mol. The standard InChI is InChI=1S/C9H17N.Y/c1-3-4-9(2)5-7-10-8-6-9;/h10H,1-8H2;/q-2;. The summed E-state index contributed by atoms with van der Waals surface area (Å²) in [6.07, 6.45) is 4.67. The third kappa shape index (κ3) is 4.01. The van der Waals surface area contributed by atoms with Crippen molar-refractivity contribution in [1.82, 2.24) is 5.32 Å². The van der Waals surface area contributed by atoms with Crippen LogP contribution in [0.15, 0.2) is 0 Å². The molecule has 0 aromatic carbocycles. The molecule has 0 saturated carbocycles. The van der Waals surface area contributed by atoms with Crippen molar-refractivity contribution in [2.75, 3.05) is 13.1 Å². The van der Waals surface area contributed by atoms with Crippen LogP contribution in [-0.2, 0) is 32.7 Å². The van der Waals surface area contributed by atoms with Crippen molar-refractivity contribution in [3.8, 4) is 0 Å². The summed E-state index contributed by atoms with van der Waals surface area (Å²) < 4.78 is 0. The number of rotatable bonds is 2. The smallest absolute Gasteiger partial charge is 0 e. The fraction of sp³-hybridized carbons (Fsp3) is 0.778. The maximum atomic E-state index is 4.24. The summed E-state index contributed by atoms with van der Waals surface area (Å²) in [5.74, 6) is 0. The van der Waals surface area contributed by atoms with Gasteiger partial charge in [0.05, 0.1) is 0 Å². The summed E-state index contributed by atoms with van der Waals surface area (Å²) in [6.45, 7) is 10.4. The first-order chi connectivity index (χ1) is 4.77. The Morgan fingerprint density at radius 1 is 1.27 bits per heavy atom. The molecule has 63 valence electrons. The van der Waals surface area contributed by atoms with Crippen LogP contribution in [0.5, 0.6) is 0 Å². The van der Waals surface area contributed by atoms with E-state index in [2.05, 4.69) is 19.2 Å². The predicted molar refractivity (Wildman–Crippen MR) is 44.5 cm³/mol. The fourth-order valence-corrected chi connectivity index (χ4v) is 1.58. The SMILES string of the molecule is [CH2-]CCC1([CH2-])CCNCC1.[Y]. The van der Waals surface area contributed by atoms with Crippen molar-refractivity contribution in [2.24, 2.45) is 5.41 Å². The van der Waals surface area contributed by atoms with Crippen molar-refractivity contribution in [2.45, 2.75) is 25.7 Å². The fourth-order valence-electron chi connectivity index (χ4n) is 1.58. The Balaban J connectivity index is 0.000001000. The summed E-state index contributed by atoms with van der Waals surface area (Å²) in [7, 11) is 0. The van der Waals surface area contributed by atoms with Gasteiger partial charge in [0, 0.05) is 32.7 Å². The molecule has 1 radical (unpaired) electrons. The predicted octanol–water partition coefficient (Wildman–Crippen LogP) is 1.80. The first-order valence-electron chi connectivity index (χ1n) is 4.12. The van der Waals surface area contributed by atoms with E-state index in [0.717, 1.165) is 19.5 Å². The van der Waals surface area contributed by atoms with Crippen LogP contribution in [0.3, 0.4) is 0 Å². The molecule has 1 saturated heterocycles. The second kappa shape index (κ2) is 5.67. The van der Waals surface area contributed by atoms with Gasteiger partial charge in [-0.15, -0.1) is 6.42 Å². The van der Waals surface area contributed by atoms with Gasteiger partial charge in [0.1, 0.15) is 0 Å². The van der Waals surface area contributed by atoms with Gasteiger partial charge in [-0.2, -0.15) is 11.8 Å².